The first-order chi connectivity index (χ1) is 9.70. The molecule has 0 atom stereocenters. The highest BCUT2D eigenvalue weighted by Crippen LogP contribution is 2.22. The van der Waals surface area contributed by atoms with E-state index in [1.807, 2.05) is 22.9 Å². The molecule has 6 heteroatoms. The highest BCUT2D eigenvalue weighted by molar-refractivity contribution is 6.35. The molecule has 0 fully saturated rings. The van der Waals surface area contributed by atoms with E-state index in [-0.39, 0.29) is 0 Å². The SMILES string of the molecule is COCCNCc1ccnn1Cc1ccc(Cl)cc1Cl. The van der Waals surface area contributed by atoms with Crippen molar-refractivity contribution in [2.75, 3.05) is 20.3 Å². The van der Waals surface area contributed by atoms with Crippen molar-refractivity contribution in [1.82, 2.24) is 15.1 Å². The molecule has 0 spiro atoms. The van der Waals surface area contributed by atoms with Gasteiger partial charge in [-0.05, 0) is 23.8 Å². The van der Waals surface area contributed by atoms with Gasteiger partial charge in [0.1, 0.15) is 0 Å². The van der Waals surface area contributed by atoms with Crippen LogP contribution in [-0.2, 0) is 17.8 Å². The molecule has 0 saturated carbocycles. The summed E-state index contributed by atoms with van der Waals surface area (Å²) in [6, 6.07) is 7.50. The normalized spacial score (nSPS) is 10.9. The third-order valence-corrected chi connectivity index (χ3v) is 3.52. The number of aromatic nitrogens is 2. The van der Waals surface area contributed by atoms with E-state index in [1.165, 1.54) is 0 Å². The van der Waals surface area contributed by atoms with Gasteiger partial charge in [-0.1, -0.05) is 29.3 Å². The van der Waals surface area contributed by atoms with Gasteiger partial charge in [0.15, 0.2) is 0 Å². The number of nitrogens with zero attached hydrogens (tertiary/aromatic N) is 2. The maximum absolute atomic E-state index is 6.19. The van der Waals surface area contributed by atoms with Crippen LogP contribution in [0.5, 0.6) is 0 Å². The predicted molar refractivity (Wildman–Crippen MR) is 81.4 cm³/mol. The molecule has 4 nitrogen and oxygen atoms in total. The molecule has 0 radical (unpaired) electrons. The second kappa shape index (κ2) is 7.64. The Hall–Kier alpha value is -1.07. The van der Waals surface area contributed by atoms with Gasteiger partial charge in [0.05, 0.1) is 18.8 Å². The smallest absolute Gasteiger partial charge is 0.0677 e. The average Bonchev–Trinajstić information content (AvgIpc) is 2.85. The summed E-state index contributed by atoms with van der Waals surface area (Å²) in [5, 5.41) is 8.92. The third-order valence-electron chi connectivity index (χ3n) is 2.93. The molecular weight excluding hydrogens is 297 g/mol. The van der Waals surface area contributed by atoms with E-state index in [1.54, 1.807) is 19.4 Å². The van der Waals surface area contributed by atoms with E-state index in [4.69, 9.17) is 27.9 Å². The summed E-state index contributed by atoms with van der Waals surface area (Å²) in [6.07, 6.45) is 1.79. The maximum atomic E-state index is 6.19. The van der Waals surface area contributed by atoms with Crippen LogP contribution >= 0.6 is 23.2 Å². The topological polar surface area (TPSA) is 39.1 Å². The van der Waals surface area contributed by atoms with Crippen LogP contribution in [0.1, 0.15) is 11.3 Å². The number of benzene rings is 1. The first-order valence-electron chi connectivity index (χ1n) is 6.35. The summed E-state index contributed by atoms with van der Waals surface area (Å²) in [4.78, 5) is 0. The van der Waals surface area contributed by atoms with Crippen LogP contribution in [0.25, 0.3) is 0 Å². The van der Waals surface area contributed by atoms with E-state index in [0.717, 1.165) is 24.3 Å². The lowest BCUT2D eigenvalue weighted by molar-refractivity contribution is 0.199. The van der Waals surface area contributed by atoms with Crippen molar-refractivity contribution in [3.05, 3.63) is 51.8 Å². The number of ether oxygens (including phenoxy) is 1. The summed E-state index contributed by atoms with van der Waals surface area (Å²) in [6.45, 7) is 2.87. The fourth-order valence-corrected chi connectivity index (χ4v) is 2.32. The monoisotopic (exact) mass is 313 g/mol. The molecule has 0 unspecified atom stereocenters. The van der Waals surface area contributed by atoms with Crippen molar-refractivity contribution < 1.29 is 4.74 Å². The Bertz CT molecular complexity index is 557. The van der Waals surface area contributed by atoms with Crippen molar-refractivity contribution in [3.63, 3.8) is 0 Å². The molecule has 0 bridgehead atoms. The second-order valence-electron chi connectivity index (χ2n) is 4.39. The molecule has 0 saturated heterocycles. The van der Waals surface area contributed by atoms with Crippen LogP contribution in [-0.4, -0.2) is 30.0 Å². The fraction of sp³-hybridized carbons (Fsp3) is 0.357. The predicted octanol–water partition coefficient (Wildman–Crippen LogP) is 2.97. The zero-order chi connectivity index (χ0) is 14.4. The van der Waals surface area contributed by atoms with Gasteiger partial charge < -0.3 is 10.1 Å². The lowest BCUT2D eigenvalue weighted by Gasteiger charge is -2.10. The molecule has 2 aromatic rings. The minimum atomic E-state index is 0.629. The summed E-state index contributed by atoms with van der Waals surface area (Å²) < 4.78 is 6.92. The fourth-order valence-electron chi connectivity index (χ4n) is 1.85. The number of rotatable bonds is 7. The highest BCUT2D eigenvalue weighted by Gasteiger charge is 2.06. The molecule has 1 aromatic heterocycles. The molecule has 0 aliphatic carbocycles. The molecule has 108 valence electrons. The van der Waals surface area contributed by atoms with Crippen LogP contribution in [0.2, 0.25) is 10.0 Å². The zero-order valence-corrected chi connectivity index (χ0v) is 12.8. The standard InChI is InChI=1S/C14H17Cl2N3O/c1-20-7-6-17-9-13-4-5-18-19(13)10-11-2-3-12(15)8-14(11)16/h2-5,8,17H,6-7,9-10H2,1H3. The molecule has 20 heavy (non-hydrogen) atoms. The van der Waals surface area contributed by atoms with Gasteiger partial charge in [0, 0.05) is 36.4 Å². The number of hydrogen-bond acceptors (Lipinski definition) is 3. The minimum Gasteiger partial charge on any atom is -0.383 e. The Kier molecular flexibility index (Phi) is 5.86. The third kappa shape index (κ3) is 4.21. The Morgan fingerprint density at radius 1 is 1.30 bits per heavy atom. The van der Waals surface area contributed by atoms with Gasteiger partial charge in [-0.3, -0.25) is 4.68 Å². The van der Waals surface area contributed by atoms with Gasteiger partial charge in [-0.25, -0.2) is 0 Å². The van der Waals surface area contributed by atoms with Crippen molar-refractivity contribution in [1.29, 1.82) is 0 Å². The van der Waals surface area contributed by atoms with E-state index in [2.05, 4.69) is 10.4 Å². The number of halogens is 2. The van der Waals surface area contributed by atoms with Crippen molar-refractivity contribution in [3.8, 4) is 0 Å². The molecule has 0 aliphatic heterocycles. The molecule has 0 aliphatic rings. The van der Waals surface area contributed by atoms with Gasteiger partial charge in [-0.15, -0.1) is 0 Å². The Balaban J connectivity index is 2.01. The van der Waals surface area contributed by atoms with E-state index in [0.29, 0.717) is 23.2 Å². The highest BCUT2D eigenvalue weighted by atomic mass is 35.5. The molecule has 2 rings (SSSR count). The molecular formula is C14H17Cl2N3O. The van der Waals surface area contributed by atoms with Gasteiger partial charge in [-0.2, -0.15) is 5.10 Å². The van der Waals surface area contributed by atoms with Crippen molar-refractivity contribution in [2.24, 2.45) is 0 Å². The summed E-state index contributed by atoms with van der Waals surface area (Å²) in [5.41, 5.74) is 2.10. The van der Waals surface area contributed by atoms with Crippen molar-refractivity contribution >= 4 is 23.2 Å². The van der Waals surface area contributed by atoms with Crippen LogP contribution in [0.3, 0.4) is 0 Å². The number of methoxy groups -OCH3 is 1. The van der Waals surface area contributed by atoms with Crippen LogP contribution in [0.4, 0.5) is 0 Å². The van der Waals surface area contributed by atoms with Gasteiger partial charge in [0.25, 0.3) is 0 Å². The summed E-state index contributed by atoms with van der Waals surface area (Å²) >= 11 is 12.1. The van der Waals surface area contributed by atoms with Crippen molar-refractivity contribution in [2.45, 2.75) is 13.1 Å². The van der Waals surface area contributed by atoms with Gasteiger partial charge >= 0.3 is 0 Å². The summed E-state index contributed by atoms with van der Waals surface area (Å²) in [7, 11) is 1.69. The molecule has 1 heterocycles. The number of hydrogen-bond donors (Lipinski definition) is 1. The lowest BCUT2D eigenvalue weighted by atomic mass is 10.2. The van der Waals surface area contributed by atoms with Crippen LogP contribution in [0.15, 0.2) is 30.5 Å². The van der Waals surface area contributed by atoms with E-state index in [9.17, 15) is 0 Å². The Morgan fingerprint density at radius 2 is 2.15 bits per heavy atom. The quantitative estimate of drug-likeness (QED) is 0.799. The van der Waals surface area contributed by atoms with Crippen LogP contribution < -0.4 is 5.32 Å². The second-order valence-corrected chi connectivity index (χ2v) is 5.23. The van der Waals surface area contributed by atoms with E-state index < -0.39 is 0 Å². The largest absolute Gasteiger partial charge is 0.383 e. The first-order valence-corrected chi connectivity index (χ1v) is 7.10. The average molecular weight is 314 g/mol. The van der Waals surface area contributed by atoms with Crippen LogP contribution in [0, 0.1) is 0 Å². The zero-order valence-electron chi connectivity index (χ0n) is 11.3. The first kappa shape index (κ1) is 15.3. The Morgan fingerprint density at radius 3 is 2.90 bits per heavy atom. The molecule has 1 aromatic carbocycles. The molecule has 0 amide bonds. The lowest BCUT2D eigenvalue weighted by Crippen LogP contribution is -2.21. The number of nitrogens with one attached hydrogen (secondary N) is 1. The van der Waals surface area contributed by atoms with E-state index >= 15 is 0 Å². The summed E-state index contributed by atoms with van der Waals surface area (Å²) in [5.74, 6) is 0. The maximum Gasteiger partial charge on any atom is 0.0677 e. The molecule has 1 N–H and O–H groups in total. The van der Waals surface area contributed by atoms with Gasteiger partial charge in [0.2, 0.25) is 0 Å². The minimum absolute atomic E-state index is 0.629. The Labute approximate surface area is 128 Å².